The van der Waals surface area contributed by atoms with Crippen molar-refractivity contribution in [2.45, 2.75) is 39.5 Å². The van der Waals surface area contributed by atoms with Crippen molar-refractivity contribution in [2.75, 3.05) is 0 Å². The highest BCUT2D eigenvalue weighted by atomic mass is 16.5. The quantitative estimate of drug-likeness (QED) is 0.318. The zero-order chi connectivity index (χ0) is 19.1. The van der Waals surface area contributed by atoms with Gasteiger partial charge in [0.05, 0.1) is 18.3 Å². The molecule has 1 aliphatic rings. The topological polar surface area (TPSA) is 51.0 Å². The van der Waals surface area contributed by atoms with E-state index in [9.17, 15) is 4.79 Å². The van der Waals surface area contributed by atoms with E-state index in [1.807, 2.05) is 36.4 Å². The van der Waals surface area contributed by atoms with E-state index in [1.165, 1.54) is 5.56 Å². The molecular weight excluding hydrogens is 336 g/mol. The molecule has 0 aromatic heterocycles. The fourth-order valence-electron chi connectivity index (χ4n) is 3.17. The first-order chi connectivity index (χ1) is 13.1. The van der Waals surface area contributed by atoms with Crippen LogP contribution in [0, 0.1) is 18.8 Å². The van der Waals surface area contributed by atoms with Gasteiger partial charge in [-0.05, 0) is 73.9 Å². The molecule has 27 heavy (non-hydrogen) atoms. The molecule has 0 unspecified atom stereocenters. The van der Waals surface area contributed by atoms with Crippen LogP contribution in [-0.4, -0.2) is 18.4 Å². The van der Waals surface area contributed by atoms with E-state index in [0.717, 1.165) is 42.7 Å². The summed E-state index contributed by atoms with van der Waals surface area (Å²) in [6.45, 7) is 4.29. The zero-order valence-electron chi connectivity index (χ0n) is 16.0. The van der Waals surface area contributed by atoms with Gasteiger partial charge < -0.3 is 4.74 Å². The number of hydrogen-bond donors (Lipinski definition) is 0. The Labute approximate surface area is 161 Å². The fraction of sp³-hybridized carbons (Fsp3) is 0.348. The maximum Gasteiger partial charge on any atom is 0.314 e. The Morgan fingerprint density at radius 3 is 1.96 bits per heavy atom. The lowest BCUT2D eigenvalue weighted by atomic mass is 9.83. The van der Waals surface area contributed by atoms with E-state index in [4.69, 9.17) is 4.74 Å². The van der Waals surface area contributed by atoms with Gasteiger partial charge in [0.1, 0.15) is 5.75 Å². The van der Waals surface area contributed by atoms with Crippen molar-refractivity contribution in [1.29, 1.82) is 0 Å². The number of carbonyl (C=O) groups excluding carboxylic acids is 1. The summed E-state index contributed by atoms with van der Waals surface area (Å²) in [5, 5.41) is 8.13. The molecule has 0 radical (unpaired) electrons. The second-order valence-corrected chi connectivity index (χ2v) is 7.35. The van der Waals surface area contributed by atoms with Crippen LogP contribution < -0.4 is 4.74 Å². The van der Waals surface area contributed by atoms with Crippen molar-refractivity contribution in [3.63, 3.8) is 0 Å². The highest BCUT2D eigenvalue weighted by molar-refractivity contribution is 5.83. The lowest BCUT2D eigenvalue weighted by Crippen LogP contribution is -2.24. The average Bonchev–Trinajstić information content (AvgIpc) is 2.68. The summed E-state index contributed by atoms with van der Waals surface area (Å²) in [6, 6.07) is 15.4. The number of carbonyl (C=O) groups is 1. The molecule has 1 fully saturated rings. The summed E-state index contributed by atoms with van der Waals surface area (Å²) in [4.78, 5) is 12.3. The van der Waals surface area contributed by atoms with Crippen molar-refractivity contribution in [3.8, 4) is 5.75 Å². The molecule has 0 spiro atoms. The van der Waals surface area contributed by atoms with Crippen molar-refractivity contribution in [1.82, 2.24) is 0 Å². The van der Waals surface area contributed by atoms with Gasteiger partial charge in [0.2, 0.25) is 0 Å². The van der Waals surface area contributed by atoms with Gasteiger partial charge in [-0.1, -0.05) is 36.8 Å². The van der Waals surface area contributed by atoms with Gasteiger partial charge in [-0.15, -0.1) is 0 Å². The lowest BCUT2D eigenvalue weighted by molar-refractivity contribution is -0.140. The molecule has 0 N–H and O–H groups in total. The van der Waals surface area contributed by atoms with E-state index in [0.29, 0.717) is 5.75 Å². The smallest absolute Gasteiger partial charge is 0.314 e. The third-order valence-corrected chi connectivity index (χ3v) is 5.01. The molecule has 2 aromatic carbocycles. The minimum Gasteiger partial charge on any atom is -0.426 e. The van der Waals surface area contributed by atoms with Crippen LogP contribution in [0.2, 0.25) is 0 Å². The van der Waals surface area contributed by atoms with Gasteiger partial charge >= 0.3 is 5.97 Å². The highest BCUT2D eigenvalue weighted by Crippen LogP contribution is 2.29. The van der Waals surface area contributed by atoms with Crippen LogP contribution in [0.25, 0.3) is 0 Å². The Morgan fingerprint density at radius 2 is 1.41 bits per heavy atom. The van der Waals surface area contributed by atoms with Crippen LogP contribution in [0.3, 0.4) is 0 Å². The Kier molecular flexibility index (Phi) is 6.53. The average molecular weight is 362 g/mol. The summed E-state index contributed by atoms with van der Waals surface area (Å²) >= 11 is 0. The van der Waals surface area contributed by atoms with Crippen molar-refractivity contribution in [3.05, 3.63) is 65.2 Å². The van der Waals surface area contributed by atoms with Crippen molar-refractivity contribution >= 4 is 18.4 Å². The Morgan fingerprint density at radius 1 is 0.889 bits per heavy atom. The molecule has 140 valence electrons. The van der Waals surface area contributed by atoms with E-state index in [2.05, 4.69) is 24.1 Å². The number of benzene rings is 2. The number of esters is 1. The second-order valence-electron chi connectivity index (χ2n) is 7.35. The number of nitrogens with zero attached hydrogens (tertiary/aromatic N) is 2. The van der Waals surface area contributed by atoms with E-state index >= 15 is 0 Å². The number of hydrogen-bond acceptors (Lipinski definition) is 4. The van der Waals surface area contributed by atoms with Crippen LogP contribution >= 0.6 is 0 Å². The van der Waals surface area contributed by atoms with Gasteiger partial charge in [0, 0.05) is 0 Å². The molecule has 3 rings (SSSR count). The van der Waals surface area contributed by atoms with Crippen LogP contribution in [0.1, 0.15) is 49.3 Å². The predicted octanol–water partition coefficient (Wildman–Crippen LogP) is 5.18. The van der Waals surface area contributed by atoms with Gasteiger partial charge in [-0.2, -0.15) is 10.2 Å². The first kappa shape index (κ1) is 19.0. The van der Waals surface area contributed by atoms with Gasteiger partial charge in [-0.25, -0.2) is 0 Å². The summed E-state index contributed by atoms with van der Waals surface area (Å²) in [5.74, 6) is 1.24. The molecule has 0 heterocycles. The van der Waals surface area contributed by atoms with Gasteiger partial charge in [0.15, 0.2) is 0 Å². The third-order valence-electron chi connectivity index (χ3n) is 5.01. The summed E-state index contributed by atoms with van der Waals surface area (Å²) in [5.41, 5.74) is 3.13. The van der Waals surface area contributed by atoms with E-state index in [1.54, 1.807) is 24.6 Å². The number of aryl methyl sites for hydroxylation is 1. The molecule has 0 amide bonds. The molecular formula is C23H26N2O2. The Bertz CT molecular complexity index is 799. The van der Waals surface area contributed by atoms with Crippen LogP contribution in [-0.2, 0) is 4.79 Å². The molecule has 0 bridgehead atoms. The number of rotatable bonds is 5. The first-order valence-corrected chi connectivity index (χ1v) is 9.55. The van der Waals surface area contributed by atoms with Crippen LogP contribution in [0.5, 0.6) is 5.75 Å². The Balaban J connectivity index is 1.50. The molecule has 4 heteroatoms. The fourth-order valence-corrected chi connectivity index (χ4v) is 3.17. The van der Waals surface area contributed by atoms with E-state index < -0.39 is 0 Å². The summed E-state index contributed by atoms with van der Waals surface area (Å²) in [7, 11) is 0. The number of ether oxygens (including phenoxy) is 1. The molecule has 4 nitrogen and oxygen atoms in total. The predicted molar refractivity (Wildman–Crippen MR) is 110 cm³/mol. The normalized spacial score (nSPS) is 20.2. The van der Waals surface area contributed by atoms with E-state index in [-0.39, 0.29) is 11.9 Å². The molecule has 1 aliphatic carbocycles. The lowest BCUT2D eigenvalue weighted by Gasteiger charge is -2.24. The molecule has 2 aromatic rings. The summed E-state index contributed by atoms with van der Waals surface area (Å²) < 4.78 is 5.52. The SMILES string of the molecule is Cc1ccc(/C=N/N=C/c2ccc(OC(=O)C3CCC(C)CC3)cc2)cc1. The maximum absolute atomic E-state index is 12.3. The van der Waals surface area contributed by atoms with Crippen molar-refractivity contribution < 1.29 is 9.53 Å². The van der Waals surface area contributed by atoms with Gasteiger partial charge in [-0.3, -0.25) is 4.79 Å². The maximum atomic E-state index is 12.3. The first-order valence-electron chi connectivity index (χ1n) is 9.55. The highest BCUT2D eigenvalue weighted by Gasteiger charge is 2.25. The minimum atomic E-state index is -0.106. The zero-order valence-corrected chi connectivity index (χ0v) is 16.0. The standard InChI is InChI=1S/C23H26N2O2/c1-17-3-7-19(8-4-17)15-24-25-16-20-9-13-22(14-10-20)27-23(26)21-11-5-18(2)6-12-21/h3-4,7-10,13-16,18,21H,5-6,11-12H2,1-2H3/b24-15+,25-16+. The summed E-state index contributed by atoms with van der Waals surface area (Å²) in [6.07, 6.45) is 7.49. The molecule has 0 atom stereocenters. The second kappa shape index (κ2) is 9.26. The minimum absolute atomic E-state index is 0.0403. The molecule has 0 aliphatic heterocycles. The van der Waals surface area contributed by atoms with Crippen LogP contribution in [0.15, 0.2) is 58.7 Å². The molecule has 1 saturated carbocycles. The van der Waals surface area contributed by atoms with Crippen molar-refractivity contribution in [2.24, 2.45) is 22.0 Å². The van der Waals surface area contributed by atoms with Crippen LogP contribution in [0.4, 0.5) is 0 Å². The Hall–Kier alpha value is -2.75. The monoisotopic (exact) mass is 362 g/mol. The van der Waals surface area contributed by atoms with Gasteiger partial charge in [0.25, 0.3) is 0 Å². The molecule has 0 saturated heterocycles. The third kappa shape index (κ3) is 5.88. The largest absolute Gasteiger partial charge is 0.426 e.